The first kappa shape index (κ1) is 22.7. The van der Waals surface area contributed by atoms with E-state index >= 15 is 0 Å². The summed E-state index contributed by atoms with van der Waals surface area (Å²) >= 11 is 7.65. The summed E-state index contributed by atoms with van der Waals surface area (Å²) < 4.78 is 0. The van der Waals surface area contributed by atoms with E-state index in [0.717, 1.165) is 18.4 Å². The van der Waals surface area contributed by atoms with E-state index in [4.69, 9.17) is 11.6 Å². The summed E-state index contributed by atoms with van der Waals surface area (Å²) in [6.45, 7) is 1.62. The normalized spacial score (nSPS) is 17.0. The van der Waals surface area contributed by atoms with Crippen LogP contribution in [0.3, 0.4) is 0 Å². The lowest BCUT2D eigenvalue weighted by Crippen LogP contribution is -2.46. The Morgan fingerprint density at radius 1 is 1.12 bits per heavy atom. The van der Waals surface area contributed by atoms with Crippen molar-refractivity contribution in [2.24, 2.45) is 5.92 Å². The molecule has 1 fully saturated rings. The summed E-state index contributed by atoms with van der Waals surface area (Å²) in [5.41, 5.74) is 2.87. The van der Waals surface area contributed by atoms with Gasteiger partial charge in [0.1, 0.15) is 0 Å². The Morgan fingerprint density at radius 3 is 2.74 bits per heavy atom. The number of para-hydroxylation sites is 1. The highest BCUT2D eigenvalue weighted by atomic mass is 35.5. The van der Waals surface area contributed by atoms with Gasteiger partial charge in [-0.25, -0.2) is 0 Å². The molecule has 174 valence electrons. The largest absolute Gasteiger partial charge is 0.361 e. The molecule has 34 heavy (non-hydrogen) atoms. The number of benzene rings is 2. The van der Waals surface area contributed by atoms with E-state index < -0.39 is 0 Å². The number of halogens is 1. The lowest BCUT2D eigenvalue weighted by atomic mass is 9.94. The Kier molecular flexibility index (Phi) is 6.70. The number of hydrogen-bond acceptors (Lipinski definition) is 3. The van der Waals surface area contributed by atoms with Crippen molar-refractivity contribution >= 4 is 45.7 Å². The second-order valence-electron chi connectivity index (χ2n) is 8.70. The number of H-pyrrole nitrogens is 1. The molecular weight excluding hydrogens is 466 g/mol. The number of amides is 2. The van der Waals surface area contributed by atoms with E-state index in [-0.39, 0.29) is 23.7 Å². The van der Waals surface area contributed by atoms with Crippen molar-refractivity contribution in [2.75, 3.05) is 19.6 Å². The summed E-state index contributed by atoms with van der Waals surface area (Å²) in [4.78, 5) is 32.5. The minimum absolute atomic E-state index is 0.00926. The topological polar surface area (TPSA) is 65.2 Å². The number of carbonyl (C=O) groups is 2. The van der Waals surface area contributed by atoms with Crippen LogP contribution in [0.1, 0.15) is 39.6 Å². The molecule has 2 atom stereocenters. The lowest BCUT2D eigenvalue weighted by Gasteiger charge is -2.32. The number of aromatic amines is 1. The number of rotatable bonds is 6. The van der Waals surface area contributed by atoms with Crippen LogP contribution < -0.4 is 5.32 Å². The molecule has 2 amide bonds. The van der Waals surface area contributed by atoms with E-state index in [0.29, 0.717) is 30.2 Å². The van der Waals surface area contributed by atoms with E-state index in [1.165, 1.54) is 15.8 Å². The Hall–Kier alpha value is -3.09. The van der Waals surface area contributed by atoms with Gasteiger partial charge in [0.2, 0.25) is 5.91 Å². The van der Waals surface area contributed by atoms with Gasteiger partial charge in [-0.2, -0.15) is 0 Å². The maximum Gasteiger partial charge on any atom is 0.253 e. The molecule has 0 saturated carbocycles. The van der Waals surface area contributed by atoms with Crippen LogP contribution in [0.4, 0.5) is 0 Å². The summed E-state index contributed by atoms with van der Waals surface area (Å²) in [6.07, 6.45) is 3.65. The van der Waals surface area contributed by atoms with Gasteiger partial charge in [0.25, 0.3) is 5.91 Å². The number of likely N-dealkylation sites (tertiary alicyclic amines) is 1. The molecule has 0 radical (unpaired) electrons. The second kappa shape index (κ2) is 10.0. The van der Waals surface area contributed by atoms with Crippen molar-refractivity contribution in [1.29, 1.82) is 0 Å². The molecule has 3 heterocycles. The minimum atomic E-state index is -0.211. The van der Waals surface area contributed by atoms with Crippen LogP contribution in [0, 0.1) is 5.92 Å². The van der Waals surface area contributed by atoms with Gasteiger partial charge in [0.05, 0.1) is 5.92 Å². The molecule has 0 bridgehead atoms. The molecule has 7 heteroatoms. The molecule has 0 aliphatic carbocycles. The Bertz CT molecular complexity index is 1280. The van der Waals surface area contributed by atoms with E-state index in [1.54, 1.807) is 40.5 Å². The molecular formula is C27H26ClN3O2S. The summed E-state index contributed by atoms with van der Waals surface area (Å²) in [5, 5.41) is 7.04. The van der Waals surface area contributed by atoms with Crippen LogP contribution >= 0.6 is 22.9 Å². The smallest absolute Gasteiger partial charge is 0.253 e. The third-order valence-corrected chi connectivity index (χ3v) is 7.77. The zero-order valence-electron chi connectivity index (χ0n) is 18.7. The fourth-order valence-electron chi connectivity index (χ4n) is 4.73. The third kappa shape index (κ3) is 4.74. The van der Waals surface area contributed by atoms with Crippen LogP contribution in [0.25, 0.3) is 10.9 Å². The average Bonchev–Trinajstić information content (AvgIpc) is 3.55. The number of hydrogen-bond donors (Lipinski definition) is 2. The minimum Gasteiger partial charge on any atom is -0.361 e. The first-order valence-corrected chi connectivity index (χ1v) is 12.8. The Balaban J connectivity index is 1.28. The fraction of sp³-hybridized carbons (Fsp3) is 0.259. The second-order valence-corrected chi connectivity index (χ2v) is 10.1. The van der Waals surface area contributed by atoms with Crippen LogP contribution in [0.2, 0.25) is 5.02 Å². The number of fused-ring (bicyclic) bond motifs is 1. The van der Waals surface area contributed by atoms with Crippen LogP contribution in [-0.4, -0.2) is 41.3 Å². The van der Waals surface area contributed by atoms with E-state index in [1.807, 2.05) is 24.4 Å². The summed E-state index contributed by atoms with van der Waals surface area (Å²) in [7, 11) is 0. The van der Waals surface area contributed by atoms with Gasteiger partial charge in [0.15, 0.2) is 0 Å². The third-order valence-electron chi connectivity index (χ3n) is 6.53. The van der Waals surface area contributed by atoms with Crippen molar-refractivity contribution in [2.45, 2.75) is 18.8 Å². The Morgan fingerprint density at radius 2 is 1.94 bits per heavy atom. The number of aromatic nitrogens is 1. The zero-order valence-corrected chi connectivity index (χ0v) is 20.2. The van der Waals surface area contributed by atoms with Gasteiger partial charge in [-0.05, 0) is 60.2 Å². The maximum absolute atomic E-state index is 13.2. The average molecular weight is 492 g/mol. The molecule has 1 aliphatic rings. The van der Waals surface area contributed by atoms with Crippen molar-refractivity contribution < 1.29 is 9.59 Å². The highest BCUT2D eigenvalue weighted by Crippen LogP contribution is 2.33. The quantitative estimate of drug-likeness (QED) is 0.364. The summed E-state index contributed by atoms with van der Waals surface area (Å²) in [6, 6.07) is 19.3. The fourth-order valence-corrected chi connectivity index (χ4v) is 5.71. The lowest BCUT2D eigenvalue weighted by molar-refractivity contribution is -0.126. The molecule has 2 aromatic carbocycles. The van der Waals surface area contributed by atoms with Gasteiger partial charge in [-0.15, -0.1) is 11.3 Å². The van der Waals surface area contributed by atoms with Crippen molar-refractivity contribution in [3.63, 3.8) is 0 Å². The van der Waals surface area contributed by atoms with Crippen molar-refractivity contribution in [3.05, 3.63) is 93.3 Å². The zero-order chi connectivity index (χ0) is 23.5. The van der Waals surface area contributed by atoms with Crippen LogP contribution in [0.5, 0.6) is 0 Å². The SMILES string of the molecule is O=C(NC[C@H](c1cccs1)c1c[nH]c2ccccc12)[C@@H]1CCCN(C(=O)c2ccc(Cl)cc2)C1. The molecule has 2 aromatic heterocycles. The molecule has 5 rings (SSSR count). The number of nitrogens with zero attached hydrogens (tertiary/aromatic N) is 1. The molecule has 0 unspecified atom stereocenters. The number of thiophene rings is 1. The number of nitrogens with one attached hydrogen (secondary N) is 2. The molecule has 0 spiro atoms. The molecule has 1 aliphatic heterocycles. The van der Waals surface area contributed by atoms with Gasteiger partial charge in [0, 0.05) is 58.1 Å². The van der Waals surface area contributed by atoms with Crippen LogP contribution in [-0.2, 0) is 4.79 Å². The highest BCUT2D eigenvalue weighted by molar-refractivity contribution is 7.10. The predicted molar refractivity (Wildman–Crippen MR) is 138 cm³/mol. The van der Waals surface area contributed by atoms with Crippen molar-refractivity contribution in [3.8, 4) is 0 Å². The highest BCUT2D eigenvalue weighted by Gasteiger charge is 2.30. The van der Waals surface area contributed by atoms with Crippen molar-refractivity contribution in [1.82, 2.24) is 15.2 Å². The molecule has 4 aromatic rings. The maximum atomic E-state index is 13.2. The van der Waals surface area contributed by atoms with Gasteiger partial charge in [-0.1, -0.05) is 35.9 Å². The standard InChI is InChI=1S/C27H26ClN3O2S/c28-20-11-9-18(10-12-20)27(33)31-13-3-5-19(17-31)26(32)30-16-23(25-8-4-14-34-25)22-15-29-24-7-2-1-6-21(22)24/h1-2,4,6-12,14-15,19,23,29H,3,5,13,16-17H2,(H,30,32)/t19-,23+/m1/s1. The number of piperidine rings is 1. The van der Waals surface area contributed by atoms with Gasteiger partial charge in [-0.3, -0.25) is 9.59 Å². The molecule has 5 nitrogen and oxygen atoms in total. The monoisotopic (exact) mass is 491 g/mol. The predicted octanol–water partition coefficient (Wildman–Crippen LogP) is 5.68. The summed E-state index contributed by atoms with van der Waals surface area (Å²) in [5.74, 6) is -0.188. The number of carbonyl (C=O) groups excluding carboxylic acids is 2. The van der Waals surface area contributed by atoms with Crippen LogP contribution in [0.15, 0.2) is 72.2 Å². The van der Waals surface area contributed by atoms with Gasteiger partial charge < -0.3 is 15.2 Å². The molecule has 1 saturated heterocycles. The van der Waals surface area contributed by atoms with E-state index in [2.05, 4.69) is 33.9 Å². The first-order valence-electron chi connectivity index (χ1n) is 11.5. The van der Waals surface area contributed by atoms with E-state index in [9.17, 15) is 9.59 Å². The molecule has 2 N–H and O–H groups in total. The van der Waals surface area contributed by atoms with Gasteiger partial charge >= 0.3 is 0 Å². The Labute approximate surface area is 207 Å². The first-order chi connectivity index (χ1) is 16.6.